The molecule has 0 aliphatic heterocycles. The molecule has 2 nitrogen and oxygen atoms in total. The molecule has 1 saturated carbocycles. The topological polar surface area (TPSA) is 29.3 Å². The van der Waals surface area contributed by atoms with E-state index in [1.165, 1.54) is 44.2 Å². The fraction of sp³-hybridized carbons (Fsp3) is 0.625. The molecule has 1 aliphatic carbocycles. The van der Waals surface area contributed by atoms with Crippen LogP contribution in [0.4, 0.5) is 11.4 Å². The Bertz CT molecular complexity index is 356. The Morgan fingerprint density at radius 2 is 1.89 bits per heavy atom. The standard InChI is InChI=1S/C16H26N2/c1-2-18(16-11-7-6-10-15(16)17)13-12-14-8-4-3-5-9-14/h6-7,10-11,14H,2-5,8-9,12-13,17H2,1H3. The second-order valence-electron chi connectivity index (χ2n) is 5.43. The summed E-state index contributed by atoms with van der Waals surface area (Å²) in [5.74, 6) is 0.942. The van der Waals surface area contributed by atoms with Crippen molar-refractivity contribution >= 4 is 11.4 Å². The molecule has 0 atom stereocenters. The van der Waals surface area contributed by atoms with Gasteiger partial charge in [0.2, 0.25) is 0 Å². The van der Waals surface area contributed by atoms with Crippen LogP contribution in [0.3, 0.4) is 0 Å². The van der Waals surface area contributed by atoms with E-state index < -0.39 is 0 Å². The van der Waals surface area contributed by atoms with Gasteiger partial charge in [0.1, 0.15) is 0 Å². The number of anilines is 2. The third kappa shape index (κ3) is 3.41. The normalized spacial score (nSPS) is 16.7. The highest BCUT2D eigenvalue weighted by Crippen LogP contribution is 2.28. The highest BCUT2D eigenvalue weighted by Gasteiger charge is 2.15. The van der Waals surface area contributed by atoms with Crippen molar-refractivity contribution in [2.75, 3.05) is 23.7 Å². The van der Waals surface area contributed by atoms with Crippen molar-refractivity contribution in [3.05, 3.63) is 24.3 Å². The molecule has 2 rings (SSSR count). The van der Waals surface area contributed by atoms with Crippen LogP contribution in [-0.4, -0.2) is 13.1 Å². The summed E-state index contributed by atoms with van der Waals surface area (Å²) in [6, 6.07) is 8.22. The summed E-state index contributed by atoms with van der Waals surface area (Å²) in [6.07, 6.45) is 8.50. The van der Waals surface area contributed by atoms with Crippen LogP contribution < -0.4 is 10.6 Å². The van der Waals surface area contributed by atoms with E-state index in [1.807, 2.05) is 12.1 Å². The van der Waals surface area contributed by atoms with Gasteiger partial charge in [0.15, 0.2) is 0 Å². The molecular weight excluding hydrogens is 220 g/mol. The third-order valence-corrected chi connectivity index (χ3v) is 4.19. The largest absolute Gasteiger partial charge is 0.397 e. The van der Waals surface area contributed by atoms with Crippen LogP contribution in [-0.2, 0) is 0 Å². The lowest BCUT2D eigenvalue weighted by Gasteiger charge is -2.28. The maximum absolute atomic E-state index is 6.06. The third-order valence-electron chi connectivity index (χ3n) is 4.19. The van der Waals surface area contributed by atoms with E-state index in [0.717, 1.165) is 24.7 Å². The summed E-state index contributed by atoms with van der Waals surface area (Å²) in [6.45, 7) is 4.41. The predicted molar refractivity (Wildman–Crippen MR) is 79.9 cm³/mol. The van der Waals surface area contributed by atoms with Crippen molar-refractivity contribution in [3.8, 4) is 0 Å². The maximum Gasteiger partial charge on any atom is 0.0599 e. The second kappa shape index (κ2) is 6.67. The minimum absolute atomic E-state index is 0.906. The molecule has 1 aromatic rings. The van der Waals surface area contributed by atoms with Crippen LogP contribution in [0.2, 0.25) is 0 Å². The minimum Gasteiger partial charge on any atom is -0.397 e. The van der Waals surface area contributed by atoms with Gasteiger partial charge in [-0.15, -0.1) is 0 Å². The highest BCUT2D eigenvalue weighted by atomic mass is 15.1. The number of nitrogen functional groups attached to an aromatic ring is 1. The first kappa shape index (κ1) is 13.3. The van der Waals surface area contributed by atoms with E-state index in [-0.39, 0.29) is 0 Å². The molecular formula is C16H26N2. The second-order valence-corrected chi connectivity index (χ2v) is 5.43. The first-order chi connectivity index (χ1) is 8.81. The number of hydrogen-bond donors (Lipinski definition) is 1. The predicted octanol–water partition coefficient (Wildman–Crippen LogP) is 4.07. The van der Waals surface area contributed by atoms with Crippen molar-refractivity contribution in [1.82, 2.24) is 0 Å². The average Bonchev–Trinajstić information content (AvgIpc) is 2.42. The fourth-order valence-electron chi connectivity index (χ4n) is 3.04. The summed E-state index contributed by atoms with van der Waals surface area (Å²) in [7, 11) is 0. The van der Waals surface area contributed by atoms with E-state index >= 15 is 0 Å². The highest BCUT2D eigenvalue weighted by molar-refractivity contribution is 5.67. The summed E-state index contributed by atoms with van der Waals surface area (Å²) in [5.41, 5.74) is 8.17. The molecule has 0 aromatic heterocycles. The quantitative estimate of drug-likeness (QED) is 0.794. The van der Waals surface area contributed by atoms with Gasteiger partial charge in [0, 0.05) is 13.1 Å². The number of rotatable bonds is 5. The van der Waals surface area contributed by atoms with E-state index in [2.05, 4.69) is 24.0 Å². The lowest BCUT2D eigenvalue weighted by Crippen LogP contribution is -2.27. The molecule has 1 aromatic carbocycles. The lowest BCUT2D eigenvalue weighted by molar-refractivity contribution is 0.340. The Balaban J connectivity index is 1.91. The molecule has 100 valence electrons. The summed E-state index contributed by atoms with van der Waals surface area (Å²) < 4.78 is 0. The summed E-state index contributed by atoms with van der Waals surface area (Å²) >= 11 is 0. The number of para-hydroxylation sites is 2. The van der Waals surface area contributed by atoms with Crippen molar-refractivity contribution in [2.24, 2.45) is 5.92 Å². The smallest absolute Gasteiger partial charge is 0.0599 e. The molecule has 1 aliphatic rings. The first-order valence-electron chi connectivity index (χ1n) is 7.40. The van der Waals surface area contributed by atoms with Crippen molar-refractivity contribution in [1.29, 1.82) is 0 Å². The fourth-order valence-corrected chi connectivity index (χ4v) is 3.04. The minimum atomic E-state index is 0.906. The van der Waals surface area contributed by atoms with Gasteiger partial charge >= 0.3 is 0 Å². The first-order valence-corrected chi connectivity index (χ1v) is 7.40. The van der Waals surface area contributed by atoms with Crippen LogP contribution >= 0.6 is 0 Å². The molecule has 2 heteroatoms. The molecule has 0 amide bonds. The molecule has 0 saturated heterocycles. The zero-order valence-electron chi connectivity index (χ0n) is 11.6. The zero-order chi connectivity index (χ0) is 12.8. The maximum atomic E-state index is 6.06. The summed E-state index contributed by atoms with van der Waals surface area (Å²) in [5, 5.41) is 0. The van der Waals surface area contributed by atoms with Gasteiger partial charge in [-0.05, 0) is 31.4 Å². The number of nitrogens with zero attached hydrogens (tertiary/aromatic N) is 1. The number of benzene rings is 1. The van der Waals surface area contributed by atoms with Crippen molar-refractivity contribution in [2.45, 2.75) is 45.4 Å². The van der Waals surface area contributed by atoms with Gasteiger partial charge in [-0.1, -0.05) is 44.2 Å². The van der Waals surface area contributed by atoms with Gasteiger partial charge in [0.25, 0.3) is 0 Å². The molecule has 1 fully saturated rings. The van der Waals surface area contributed by atoms with E-state index in [9.17, 15) is 0 Å². The molecule has 0 heterocycles. The van der Waals surface area contributed by atoms with Gasteiger partial charge in [-0.2, -0.15) is 0 Å². The number of nitrogens with two attached hydrogens (primary N) is 1. The average molecular weight is 246 g/mol. The van der Waals surface area contributed by atoms with Crippen molar-refractivity contribution in [3.63, 3.8) is 0 Å². The summed E-state index contributed by atoms with van der Waals surface area (Å²) in [4.78, 5) is 2.42. The Hall–Kier alpha value is -1.18. The van der Waals surface area contributed by atoms with E-state index in [1.54, 1.807) is 0 Å². The molecule has 0 spiro atoms. The van der Waals surface area contributed by atoms with E-state index in [4.69, 9.17) is 5.73 Å². The van der Waals surface area contributed by atoms with Crippen LogP contribution in [0.5, 0.6) is 0 Å². The zero-order valence-corrected chi connectivity index (χ0v) is 11.6. The Kier molecular flexibility index (Phi) is 4.91. The van der Waals surface area contributed by atoms with E-state index in [0.29, 0.717) is 0 Å². The van der Waals surface area contributed by atoms with Crippen molar-refractivity contribution < 1.29 is 0 Å². The Morgan fingerprint density at radius 3 is 2.56 bits per heavy atom. The van der Waals surface area contributed by atoms with Gasteiger partial charge in [0.05, 0.1) is 11.4 Å². The van der Waals surface area contributed by atoms with Gasteiger partial charge in [-0.25, -0.2) is 0 Å². The Morgan fingerprint density at radius 1 is 1.17 bits per heavy atom. The molecule has 2 N–H and O–H groups in total. The van der Waals surface area contributed by atoms with Crippen LogP contribution in [0, 0.1) is 5.92 Å². The number of hydrogen-bond acceptors (Lipinski definition) is 2. The molecule has 0 bridgehead atoms. The Labute approximate surface area is 111 Å². The van der Waals surface area contributed by atoms with Gasteiger partial charge in [-0.3, -0.25) is 0 Å². The molecule has 0 unspecified atom stereocenters. The SMILES string of the molecule is CCN(CCC1CCCCC1)c1ccccc1N. The molecule has 18 heavy (non-hydrogen) atoms. The monoisotopic (exact) mass is 246 g/mol. The lowest BCUT2D eigenvalue weighted by atomic mass is 9.87. The van der Waals surface area contributed by atoms with Crippen LogP contribution in [0.25, 0.3) is 0 Å². The van der Waals surface area contributed by atoms with Gasteiger partial charge < -0.3 is 10.6 Å². The molecule has 0 radical (unpaired) electrons. The van der Waals surface area contributed by atoms with Crippen LogP contribution in [0.15, 0.2) is 24.3 Å². The van der Waals surface area contributed by atoms with Crippen LogP contribution in [0.1, 0.15) is 45.4 Å².